The van der Waals surface area contributed by atoms with Gasteiger partial charge in [0.15, 0.2) is 11.3 Å². The number of alkyl halides is 3. The monoisotopic (exact) mass is 266 g/mol. The molecule has 17 heavy (non-hydrogen) atoms. The Morgan fingerprint density at radius 2 is 1.94 bits per heavy atom. The molecule has 2 heterocycles. The van der Waals surface area contributed by atoms with E-state index in [0.29, 0.717) is 0 Å². The lowest BCUT2D eigenvalue weighted by atomic mass is 10.3. The summed E-state index contributed by atoms with van der Waals surface area (Å²) in [6, 6.07) is 0. The SMILES string of the molecule is COc1nc(Cl)nc2c1c(C(F)(F)F)nn2C. The molecule has 2 aromatic heterocycles. The second-order valence-corrected chi connectivity index (χ2v) is 3.51. The van der Waals surface area contributed by atoms with E-state index in [9.17, 15) is 13.2 Å². The first kappa shape index (κ1) is 11.9. The number of methoxy groups -OCH3 is 1. The predicted molar refractivity (Wildman–Crippen MR) is 52.9 cm³/mol. The maximum Gasteiger partial charge on any atom is 0.436 e. The van der Waals surface area contributed by atoms with Gasteiger partial charge >= 0.3 is 6.18 Å². The first-order valence-electron chi connectivity index (χ1n) is 4.36. The van der Waals surface area contributed by atoms with Crippen LogP contribution in [0, 0.1) is 0 Å². The molecule has 0 saturated carbocycles. The summed E-state index contributed by atoms with van der Waals surface area (Å²) in [4.78, 5) is 7.28. The van der Waals surface area contributed by atoms with Gasteiger partial charge in [0.1, 0.15) is 5.39 Å². The molecule has 0 unspecified atom stereocenters. The lowest BCUT2D eigenvalue weighted by Crippen LogP contribution is -2.07. The normalized spacial score (nSPS) is 12.1. The van der Waals surface area contributed by atoms with E-state index in [2.05, 4.69) is 15.1 Å². The van der Waals surface area contributed by atoms with Crippen LogP contribution in [0.25, 0.3) is 11.0 Å². The highest BCUT2D eigenvalue weighted by Gasteiger charge is 2.38. The number of halogens is 4. The summed E-state index contributed by atoms with van der Waals surface area (Å²) in [5.41, 5.74) is -1.13. The average molecular weight is 267 g/mol. The fourth-order valence-corrected chi connectivity index (χ4v) is 1.60. The van der Waals surface area contributed by atoms with Gasteiger partial charge < -0.3 is 4.74 Å². The molecule has 0 radical (unpaired) electrons. The standard InChI is InChI=1S/C8H6ClF3N4O/c1-16-5-3(4(15-16)8(10,11)12)6(17-2)14-7(9)13-5/h1-2H3. The Labute approximate surface area is 98.2 Å². The Kier molecular flexibility index (Phi) is 2.61. The largest absolute Gasteiger partial charge is 0.480 e. The zero-order valence-electron chi connectivity index (χ0n) is 8.71. The number of ether oxygens (including phenoxy) is 1. The van der Waals surface area contributed by atoms with E-state index in [1.54, 1.807) is 0 Å². The van der Waals surface area contributed by atoms with E-state index >= 15 is 0 Å². The van der Waals surface area contributed by atoms with Crippen LogP contribution in [0.4, 0.5) is 13.2 Å². The fraction of sp³-hybridized carbons (Fsp3) is 0.375. The minimum Gasteiger partial charge on any atom is -0.480 e. The summed E-state index contributed by atoms with van der Waals surface area (Å²) in [5, 5.41) is 2.86. The summed E-state index contributed by atoms with van der Waals surface area (Å²) >= 11 is 5.57. The number of rotatable bonds is 1. The molecule has 0 aliphatic carbocycles. The molecule has 0 spiro atoms. The number of hydrogen-bond donors (Lipinski definition) is 0. The van der Waals surface area contributed by atoms with Crippen LogP contribution in [0.1, 0.15) is 5.69 Å². The minimum atomic E-state index is -4.61. The van der Waals surface area contributed by atoms with Crippen LogP contribution in [0.15, 0.2) is 0 Å². The molecule has 9 heteroatoms. The van der Waals surface area contributed by atoms with Crippen molar-refractivity contribution < 1.29 is 17.9 Å². The van der Waals surface area contributed by atoms with Gasteiger partial charge in [-0.05, 0) is 11.6 Å². The van der Waals surface area contributed by atoms with Gasteiger partial charge in [-0.25, -0.2) is 4.68 Å². The molecule has 0 N–H and O–H groups in total. The van der Waals surface area contributed by atoms with Gasteiger partial charge in [-0.1, -0.05) is 0 Å². The lowest BCUT2D eigenvalue weighted by molar-refractivity contribution is -0.140. The zero-order valence-corrected chi connectivity index (χ0v) is 9.46. The van der Waals surface area contributed by atoms with Crippen molar-refractivity contribution in [2.75, 3.05) is 7.11 Å². The quantitative estimate of drug-likeness (QED) is 0.741. The molecule has 0 amide bonds. The van der Waals surface area contributed by atoms with Crippen LogP contribution in [-0.2, 0) is 13.2 Å². The minimum absolute atomic E-state index is 0.0332. The molecule has 0 fully saturated rings. The summed E-state index contributed by atoms with van der Waals surface area (Å²) in [6.07, 6.45) is -4.61. The predicted octanol–water partition coefficient (Wildman–Crippen LogP) is 2.04. The molecule has 0 aliphatic rings. The molecule has 92 valence electrons. The van der Waals surface area contributed by atoms with Crippen LogP contribution in [0.5, 0.6) is 5.88 Å². The summed E-state index contributed by atoms with van der Waals surface area (Å²) in [7, 11) is 2.53. The fourth-order valence-electron chi connectivity index (χ4n) is 1.44. The van der Waals surface area contributed by atoms with Gasteiger partial charge in [-0.3, -0.25) is 0 Å². The second-order valence-electron chi connectivity index (χ2n) is 3.17. The Bertz CT molecular complexity index is 580. The molecule has 2 rings (SSSR count). The molecule has 0 aromatic carbocycles. The number of aromatic nitrogens is 4. The van der Waals surface area contributed by atoms with E-state index in [4.69, 9.17) is 16.3 Å². The van der Waals surface area contributed by atoms with Crippen molar-refractivity contribution in [1.29, 1.82) is 0 Å². The Balaban J connectivity index is 2.89. The van der Waals surface area contributed by atoms with Crippen molar-refractivity contribution in [3.05, 3.63) is 11.0 Å². The van der Waals surface area contributed by atoms with Crippen molar-refractivity contribution in [2.45, 2.75) is 6.18 Å². The Hall–Kier alpha value is -1.57. The molecule has 0 bridgehead atoms. The van der Waals surface area contributed by atoms with Crippen molar-refractivity contribution in [3.8, 4) is 5.88 Å². The Morgan fingerprint density at radius 1 is 1.29 bits per heavy atom. The van der Waals surface area contributed by atoms with Crippen LogP contribution in [-0.4, -0.2) is 26.9 Å². The Morgan fingerprint density at radius 3 is 2.47 bits per heavy atom. The smallest absolute Gasteiger partial charge is 0.436 e. The maximum atomic E-state index is 12.7. The topological polar surface area (TPSA) is 52.8 Å². The second kappa shape index (κ2) is 3.73. The summed E-state index contributed by atoms with van der Waals surface area (Å²) < 4.78 is 43.9. The van der Waals surface area contributed by atoms with Crippen molar-refractivity contribution in [3.63, 3.8) is 0 Å². The summed E-state index contributed by atoms with van der Waals surface area (Å²) in [5.74, 6) is -0.250. The molecule has 0 saturated heterocycles. The van der Waals surface area contributed by atoms with Crippen LogP contribution >= 0.6 is 11.6 Å². The van der Waals surface area contributed by atoms with Gasteiger partial charge in [0, 0.05) is 7.05 Å². The molecule has 2 aromatic rings. The van der Waals surface area contributed by atoms with Gasteiger partial charge in [-0.15, -0.1) is 0 Å². The number of aryl methyl sites for hydroxylation is 1. The third kappa shape index (κ3) is 1.88. The van der Waals surface area contributed by atoms with Crippen LogP contribution in [0.2, 0.25) is 5.28 Å². The van der Waals surface area contributed by atoms with Crippen LogP contribution in [0.3, 0.4) is 0 Å². The first-order valence-corrected chi connectivity index (χ1v) is 4.74. The zero-order chi connectivity index (χ0) is 12.8. The van der Waals surface area contributed by atoms with Crippen LogP contribution < -0.4 is 4.74 Å². The first-order chi connectivity index (χ1) is 7.84. The highest BCUT2D eigenvalue weighted by Crippen LogP contribution is 2.37. The molecule has 0 aliphatic heterocycles. The average Bonchev–Trinajstić information content (AvgIpc) is 2.55. The van der Waals surface area contributed by atoms with E-state index in [1.807, 2.05) is 0 Å². The van der Waals surface area contributed by atoms with Crippen molar-refractivity contribution >= 4 is 22.6 Å². The molecule has 5 nitrogen and oxygen atoms in total. The summed E-state index contributed by atoms with van der Waals surface area (Å²) in [6.45, 7) is 0. The third-order valence-corrected chi connectivity index (χ3v) is 2.25. The lowest BCUT2D eigenvalue weighted by Gasteiger charge is -2.04. The van der Waals surface area contributed by atoms with E-state index in [1.165, 1.54) is 14.2 Å². The van der Waals surface area contributed by atoms with E-state index < -0.39 is 11.9 Å². The van der Waals surface area contributed by atoms with E-state index in [0.717, 1.165) is 4.68 Å². The van der Waals surface area contributed by atoms with Gasteiger partial charge in [0.2, 0.25) is 11.2 Å². The highest BCUT2D eigenvalue weighted by atomic mass is 35.5. The number of fused-ring (bicyclic) bond motifs is 1. The molecular weight excluding hydrogens is 261 g/mol. The third-order valence-electron chi connectivity index (χ3n) is 2.08. The van der Waals surface area contributed by atoms with E-state index in [-0.39, 0.29) is 22.2 Å². The van der Waals surface area contributed by atoms with Crippen molar-refractivity contribution in [2.24, 2.45) is 7.05 Å². The van der Waals surface area contributed by atoms with Gasteiger partial charge in [-0.2, -0.15) is 28.2 Å². The maximum absolute atomic E-state index is 12.7. The molecular formula is C8H6ClF3N4O. The highest BCUT2D eigenvalue weighted by molar-refractivity contribution is 6.28. The number of nitrogens with zero attached hydrogens (tertiary/aromatic N) is 4. The number of hydrogen-bond acceptors (Lipinski definition) is 4. The van der Waals surface area contributed by atoms with Gasteiger partial charge in [0.25, 0.3) is 0 Å². The van der Waals surface area contributed by atoms with Crippen molar-refractivity contribution in [1.82, 2.24) is 19.7 Å². The molecule has 0 atom stereocenters. The van der Waals surface area contributed by atoms with Gasteiger partial charge in [0.05, 0.1) is 7.11 Å².